The van der Waals surface area contributed by atoms with Gasteiger partial charge in [-0.25, -0.2) is 0 Å². The van der Waals surface area contributed by atoms with Crippen molar-refractivity contribution in [1.82, 2.24) is 30.7 Å². The van der Waals surface area contributed by atoms with Crippen LogP contribution in [0.4, 0.5) is 0 Å². The van der Waals surface area contributed by atoms with Gasteiger partial charge in [0, 0.05) is 71.8 Å². The molecule has 109 heavy (non-hydrogen) atoms. The summed E-state index contributed by atoms with van der Waals surface area (Å²) in [6.07, 6.45) is -0.216. The molecule has 24 nitrogen and oxygen atoms in total. The fourth-order valence-electron chi connectivity index (χ4n) is 8.33. The second-order valence-corrected chi connectivity index (χ2v) is 23.7. The van der Waals surface area contributed by atoms with Gasteiger partial charge in [-0.3, -0.25) is 27.6 Å². The van der Waals surface area contributed by atoms with Crippen molar-refractivity contribution < 1.29 is 155 Å². The van der Waals surface area contributed by atoms with Crippen LogP contribution in [0.25, 0.3) is 0 Å². The van der Waals surface area contributed by atoms with Crippen LogP contribution in [-0.4, -0.2) is 109 Å². The van der Waals surface area contributed by atoms with Crippen molar-refractivity contribution in [1.29, 1.82) is 0 Å². The Morgan fingerprint density at radius 1 is 0.569 bits per heavy atom. The van der Waals surface area contributed by atoms with Crippen molar-refractivity contribution in [3.8, 4) is 29.4 Å². The summed E-state index contributed by atoms with van der Waals surface area (Å²) < 4.78 is 57.6. The van der Waals surface area contributed by atoms with E-state index < -0.39 is 24.6 Å². The van der Waals surface area contributed by atoms with Crippen LogP contribution in [0.15, 0.2) is 256 Å². The predicted octanol–water partition coefficient (Wildman–Crippen LogP) is 9.92. The average molecular weight is 1940 g/mol. The quantitative estimate of drug-likeness (QED) is 0.0136. The van der Waals surface area contributed by atoms with E-state index in [1.807, 2.05) is 189 Å². The van der Waals surface area contributed by atoms with Crippen LogP contribution in [0.2, 0.25) is 0 Å². The summed E-state index contributed by atoms with van der Waals surface area (Å²) in [6.45, 7) is 23.7. The molecule has 563 valence electrons. The van der Waals surface area contributed by atoms with Crippen LogP contribution < -0.4 is 77.2 Å². The van der Waals surface area contributed by atoms with Crippen molar-refractivity contribution in [3.63, 3.8) is 0 Å². The number of halogens is 6. The molecule has 0 aliphatic carbocycles. The number of morpholine rings is 1. The maximum Gasteiger partial charge on any atom is 2.00 e. The maximum atomic E-state index is 12.2. The summed E-state index contributed by atoms with van der Waals surface area (Å²) in [5.74, 6) is 2.16. The largest absolute Gasteiger partial charge is 2.00 e. The van der Waals surface area contributed by atoms with E-state index in [1.165, 1.54) is 12.1 Å². The fourth-order valence-corrected chi connectivity index (χ4v) is 10.2. The average Bonchev–Trinajstić information content (AvgIpc) is 0.905. The molecule has 3 atom stereocenters. The number of nitrogens with zero attached hydrogens (tertiary/aromatic N) is 6. The predicted molar refractivity (Wildman–Crippen MR) is 417 cm³/mol. The molecular formula is C75H76BBr6LiN6NaO18Zn. The van der Waals surface area contributed by atoms with E-state index in [9.17, 15) is 19.8 Å². The monoisotopic (exact) mass is 1930 g/mol. The molecule has 0 bridgehead atoms. The SMILES string of the molecule is BrBr.C=C[C@@H](O)c1onc(OCc2ccccc2)c1Br.C[C@H]([C@@H]([O-])c1ccccc1)N1CCOCC1.O=C(Br)c1onc(OCc2ccccc2)c1Br.O=C(CO)c1cc(OCc2ccccc2)no1.OCc1cc(OCc2ccccc2)no1.OCc1onc(OCc2ccccc2)c1Br.[B].[CH-]=C.[CH-]=C.[H-].[Li+].[Na+].[Zn+2]. The molecule has 0 unspecified atom stereocenters. The van der Waals surface area contributed by atoms with Crippen LogP contribution in [0.1, 0.15) is 92.3 Å². The first-order valence-corrected chi connectivity index (χ1v) is 38.1. The molecule has 12 rings (SSSR count). The maximum absolute atomic E-state index is 12.2. The van der Waals surface area contributed by atoms with Gasteiger partial charge >= 0.3 is 67.9 Å². The summed E-state index contributed by atoms with van der Waals surface area (Å²) in [5.41, 5.74) is 6.01. The van der Waals surface area contributed by atoms with Gasteiger partial charge in [0.1, 0.15) is 72.4 Å². The Kier molecular flexibility index (Phi) is 57.9. The molecular weight excluding hydrogens is 1860 g/mol. The Balaban J connectivity index is 0. The topological polar surface area (TPSA) is 327 Å². The Bertz CT molecular complexity index is 4160. The fraction of sp³-hybridized carbons (Fsp3) is 0.213. The molecule has 1 saturated heterocycles. The summed E-state index contributed by atoms with van der Waals surface area (Å²) in [4.78, 5) is 24.3. The molecule has 6 heterocycles. The Hall–Kier alpha value is -6.18. The molecule has 0 amide bonds. The molecule has 1 aliphatic heterocycles. The number of aliphatic hydroxyl groups excluding tert-OH is 4. The zero-order valence-corrected chi connectivity index (χ0v) is 74.3. The zero-order chi connectivity index (χ0) is 76.6. The van der Waals surface area contributed by atoms with Gasteiger partial charge in [-0.1, -0.05) is 207 Å². The smallest absolute Gasteiger partial charge is 1.00 e. The molecule has 6 aromatic carbocycles. The summed E-state index contributed by atoms with van der Waals surface area (Å²) in [6, 6.07) is 61.0. The number of ketones is 1. The number of aromatic nitrogens is 5. The molecule has 1 aliphatic rings. The molecule has 4 N–H and O–H groups in total. The molecule has 0 spiro atoms. The van der Waals surface area contributed by atoms with E-state index in [4.69, 9.17) is 66.4 Å². The zero-order valence-electron chi connectivity index (χ0n) is 60.8. The number of hydrogen-bond donors (Lipinski definition) is 4. The number of Topliss-reactive ketones (excluding diaryl/α,β-unsaturated/α-hetero) is 1. The van der Waals surface area contributed by atoms with Crippen molar-refractivity contribution >= 4 is 111 Å². The minimum atomic E-state index is -0.902. The van der Waals surface area contributed by atoms with Crippen molar-refractivity contribution in [2.45, 2.75) is 71.4 Å². The minimum absolute atomic E-state index is 0. The van der Waals surface area contributed by atoms with Crippen LogP contribution in [0.3, 0.4) is 0 Å². The minimum Gasteiger partial charge on any atom is -1.00 e. The van der Waals surface area contributed by atoms with Gasteiger partial charge in [-0.15, -0.1) is 6.58 Å². The number of ether oxygens (including phenoxy) is 6. The number of carbonyl (C=O) groups is 2. The van der Waals surface area contributed by atoms with Gasteiger partial charge in [0.05, 0.1) is 19.3 Å². The van der Waals surface area contributed by atoms with E-state index in [2.05, 4.69) is 156 Å². The van der Waals surface area contributed by atoms with Gasteiger partial charge in [-0.05, 0) is 107 Å². The second-order valence-electron chi connectivity index (χ2n) is 20.6. The number of hydrogen-bond acceptors (Lipinski definition) is 24. The number of carbonyl (C=O) groups excluding carboxylic acids is 2. The van der Waals surface area contributed by atoms with Gasteiger partial charge in [0.25, 0.3) is 34.1 Å². The first-order valence-electron chi connectivity index (χ1n) is 31.2. The van der Waals surface area contributed by atoms with Gasteiger partial charge in [0.15, 0.2) is 17.3 Å². The molecule has 3 radical (unpaired) electrons. The molecule has 11 aromatic rings. The Morgan fingerprint density at radius 3 is 1.32 bits per heavy atom. The van der Waals surface area contributed by atoms with Crippen molar-refractivity contribution in [3.05, 3.63) is 309 Å². The molecule has 0 saturated carbocycles. The Morgan fingerprint density at radius 2 is 0.945 bits per heavy atom. The van der Waals surface area contributed by atoms with Gasteiger partial charge < -0.3 is 91.2 Å². The normalized spacial score (nSPS) is 11.4. The first kappa shape index (κ1) is 103. The Labute approximate surface area is 731 Å². The summed E-state index contributed by atoms with van der Waals surface area (Å²) in [5, 5.41) is 66.4. The van der Waals surface area contributed by atoms with E-state index >= 15 is 0 Å². The van der Waals surface area contributed by atoms with Gasteiger partial charge in [0.2, 0.25) is 17.3 Å². The van der Waals surface area contributed by atoms with E-state index in [0.29, 0.717) is 75.6 Å². The summed E-state index contributed by atoms with van der Waals surface area (Å²) in [7, 11) is 0. The molecule has 34 heteroatoms. The third kappa shape index (κ3) is 37.8. The van der Waals surface area contributed by atoms with E-state index in [1.54, 1.807) is 6.07 Å². The molecule has 5 aromatic heterocycles. The summed E-state index contributed by atoms with van der Waals surface area (Å²) >= 11 is 18.0. The van der Waals surface area contributed by atoms with Crippen LogP contribution in [0, 0.1) is 13.2 Å². The van der Waals surface area contributed by atoms with Crippen LogP contribution in [0.5, 0.6) is 29.4 Å². The number of benzene rings is 6. The van der Waals surface area contributed by atoms with E-state index in [-0.39, 0.29) is 131 Å². The van der Waals surface area contributed by atoms with Crippen LogP contribution >= 0.6 is 92.0 Å². The van der Waals surface area contributed by atoms with Gasteiger partial charge in [-0.2, -0.15) is 0 Å². The van der Waals surface area contributed by atoms with E-state index in [0.717, 1.165) is 59.7 Å². The number of rotatable bonds is 25. The van der Waals surface area contributed by atoms with Crippen molar-refractivity contribution in [2.75, 3.05) is 32.9 Å². The molecule has 1 fully saturated rings. The van der Waals surface area contributed by atoms with Crippen molar-refractivity contribution in [2.24, 2.45) is 0 Å². The standard InChI is InChI=1S/C13H12BrNO3.C13H18NO2.C12H11NO4.C11H7Br2NO3.C11H10BrNO3.C11H11NO3.2C2H3.B.Br2.Li.Na.Zn.H/c1-2-10(16)12-11(14)13(15-18-12)17-8-9-6-4-3-5-7-9;1-11(14-7-9-16-10-8-14)13(15)12-5-3-2-4-6-12;14-7-10(15)11-6-12(13-17-11)16-8-9-4-2-1-3-5-9;12-8-9(10(13)15)17-14-11(8)16-6-7-4-2-1-3-5-7;12-10-9(6-14)16-13-11(10)15-7-8-4-2-1-3-5-8;13-7-10-6-11(12-15-10)14-8-9-4-2-1-3-5-9;2*1-2;;1-2;;;;/h2-7,10,16H,1,8H2;2-6,11,13H,7-10H2,1H3;1-6,14H,7-8H2;1-5H,6H2;1-5,14H,6-7H2;1-6,13H,7-8H2;2*1H,2H2;;;;;;/q;-1;;;;;2*-1;;;2*+1;+2;-1/t10-;11-,13-;;;;;;;;;;;;/m11............/s1. The second kappa shape index (κ2) is 61.4. The first-order chi connectivity index (χ1) is 51.2. The third-order valence-corrected chi connectivity index (χ3v) is 16.2. The third-order valence-electron chi connectivity index (χ3n) is 13.6. The van der Waals surface area contributed by atoms with Crippen LogP contribution in [-0.2, 0) is 70.5 Å². The number of aliphatic hydroxyl groups is 4.